The number of carbonyl (C=O) groups is 1. The van der Waals surface area contributed by atoms with Gasteiger partial charge in [0, 0.05) is 25.4 Å². The molecule has 5 heteroatoms. The lowest BCUT2D eigenvalue weighted by Gasteiger charge is -2.22. The number of anilines is 1. The summed E-state index contributed by atoms with van der Waals surface area (Å²) in [6, 6.07) is 16.0. The first-order valence-corrected chi connectivity index (χ1v) is 10.5. The van der Waals surface area contributed by atoms with Crippen molar-refractivity contribution < 1.29 is 9.90 Å². The van der Waals surface area contributed by atoms with Crippen LogP contribution in [0.15, 0.2) is 54.6 Å². The molecule has 2 aromatic carbocycles. The molecule has 29 heavy (non-hydrogen) atoms. The normalized spacial score (nSPS) is 10.8. The molecular formula is C24H30N2O2S. The molecule has 0 aliphatic rings. The summed E-state index contributed by atoms with van der Waals surface area (Å²) in [4.78, 5) is 12.6. The van der Waals surface area contributed by atoms with Crippen LogP contribution in [-0.4, -0.2) is 29.8 Å². The van der Waals surface area contributed by atoms with Crippen LogP contribution in [0.4, 0.5) is 5.69 Å². The number of carboxylic acid groups (broad SMARTS) is 1. The second-order valence-electron chi connectivity index (χ2n) is 7.05. The standard InChI is InChI=1S/C24H30N2O2S/c1-3-4-5-6-7-17-25-24(29)26(2)22-10-8-9-21(18-22)20-14-11-19(12-15-20)13-16-23(27)28/h8-16,18H,3-7,17H2,1-2H3,(H,25,29)(H,27,28). The van der Waals surface area contributed by atoms with E-state index in [-0.39, 0.29) is 0 Å². The third-order valence-corrected chi connectivity index (χ3v) is 5.18. The van der Waals surface area contributed by atoms with E-state index < -0.39 is 5.97 Å². The Kier molecular flexibility index (Phi) is 9.38. The lowest BCUT2D eigenvalue weighted by molar-refractivity contribution is -0.131. The zero-order valence-corrected chi connectivity index (χ0v) is 18.0. The first-order valence-electron chi connectivity index (χ1n) is 10.1. The minimum atomic E-state index is -0.949. The average molecular weight is 411 g/mol. The van der Waals surface area contributed by atoms with Crippen LogP contribution >= 0.6 is 12.2 Å². The van der Waals surface area contributed by atoms with E-state index in [1.165, 1.54) is 25.7 Å². The maximum absolute atomic E-state index is 10.6. The van der Waals surface area contributed by atoms with Crippen molar-refractivity contribution in [3.05, 3.63) is 60.2 Å². The van der Waals surface area contributed by atoms with Crippen LogP contribution in [0.1, 0.15) is 44.6 Å². The molecule has 0 saturated carbocycles. The number of nitrogens with zero attached hydrogens (tertiary/aromatic N) is 1. The number of hydrogen-bond acceptors (Lipinski definition) is 2. The summed E-state index contributed by atoms with van der Waals surface area (Å²) in [6.07, 6.45) is 8.94. The number of nitrogens with one attached hydrogen (secondary N) is 1. The van der Waals surface area contributed by atoms with E-state index in [4.69, 9.17) is 17.3 Å². The van der Waals surface area contributed by atoms with Gasteiger partial charge in [-0.3, -0.25) is 0 Å². The van der Waals surface area contributed by atoms with E-state index in [9.17, 15) is 4.79 Å². The van der Waals surface area contributed by atoms with Crippen LogP contribution in [-0.2, 0) is 4.79 Å². The molecular weight excluding hydrogens is 380 g/mol. The fourth-order valence-corrected chi connectivity index (χ4v) is 3.22. The Labute approximate surface area is 179 Å². The molecule has 0 spiro atoms. The lowest BCUT2D eigenvalue weighted by Crippen LogP contribution is -2.37. The highest BCUT2D eigenvalue weighted by Crippen LogP contribution is 2.25. The SMILES string of the molecule is CCCCCCCNC(=S)N(C)c1cccc(-c2ccc(C=CC(=O)O)cc2)c1. The molecule has 0 atom stereocenters. The predicted molar refractivity (Wildman–Crippen MR) is 126 cm³/mol. The van der Waals surface area contributed by atoms with Gasteiger partial charge in [-0.1, -0.05) is 69.0 Å². The van der Waals surface area contributed by atoms with Gasteiger partial charge in [0.15, 0.2) is 5.11 Å². The Hall–Kier alpha value is -2.66. The minimum Gasteiger partial charge on any atom is -0.478 e. The first kappa shape index (κ1) is 22.6. The van der Waals surface area contributed by atoms with E-state index in [0.717, 1.165) is 46.5 Å². The van der Waals surface area contributed by atoms with Crippen molar-refractivity contribution in [2.24, 2.45) is 0 Å². The maximum Gasteiger partial charge on any atom is 0.328 e. The van der Waals surface area contributed by atoms with Gasteiger partial charge in [0.25, 0.3) is 0 Å². The quantitative estimate of drug-likeness (QED) is 0.297. The Balaban J connectivity index is 1.97. The number of unbranched alkanes of at least 4 members (excludes halogenated alkanes) is 4. The van der Waals surface area contributed by atoms with Crippen LogP contribution in [0.25, 0.3) is 17.2 Å². The summed E-state index contributed by atoms with van der Waals surface area (Å²) in [5, 5.41) is 12.8. The second kappa shape index (κ2) is 12.0. The molecule has 2 aromatic rings. The number of rotatable bonds is 10. The molecule has 0 aliphatic heterocycles. The largest absolute Gasteiger partial charge is 0.478 e. The highest BCUT2D eigenvalue weighted by molar-refractivity contribution is 7.80. The number of thiocarbonyl (C=S) groups is 1. The highest BCUT2D eigenvalue weighted by Gasteiger charge is 2.08. The van der Waals surface area contributed by atoms with E-state index in [1.807, 2.05) is 48.3 Å². The van der Waals surface area contributed by atoms with Crippen LogP contribution in [0.2, 0.25) is 0 Å². The molecule has 4 nitrogen and oxygen atoms in total. The third kappa shape index (κ3) is 7.70. The lowest BCUT2D eigenvalue weighted by atomic mass is 10.0. The Morgan fingerprint density at radius 3 is 2.48 bits per heavy atom. The van der Waals surface area contributed by atoms with Crippen LogP contribution in [0.3, 0.4) is 0 Å². The van der Waals surface area contributed by atoms with Crippen molar-refractivity contribution in [1.82, 2.24) is 5.32 Å². The smallest absolute Gasteiger partial charge is 0.328 e. The van der Waals surface area contributed by atoms with Crippen molar-refractivity contribution in [3.63, 3.8) is 0 Å². The summed E-state index contributed by atoms with van der Waals surface area (Å²) < 4.78 is 0. The molecule has 0 amide bonds. The molecule has 2 rings (SSSR count). The molecule has 0 bridgehead atoms. The molecule has 0 saturated heterocycles. The molecule has 0 fully saturated rings. The third-order valence-electron chi connectivity index (χ3n) is 4.76. The zero-order valence-electron chi connectivity index (χ0n) is 17.2. The van der Waals surface area contributed by atoms with E-state index in [0.29, 0.717) is 0 Å². The summed E-state index contributed by atoms with van der Waals surface area (Å²) in [7, 11) is 1.98. The molecule has 154 valence electrons. The van der Waals surface area contributed by atoms with Crippen LogP contribution in [0, 0.1) is 0 Å². The highest BCUT2D eigenvalue weighted by atomic mass is 32.1. The second-order valence-corrected chi connectivity index (χ2v) is 7.44. The Morgan fingerprint density at radius 1 is 1.07 bits per heavy atom. The molecule has 0 radical (unpaired) electrons. The van der Waals surface area contributed by atoms with Crippen molar-refractivity contribution in [1.29, 1.82) is 0 Å². The van der Waals surface area contributed by atoms with Gasteiger partial charge in [-0.2, -0.15) is 0 Å². The van der Waals surface area contributed by atoms with Gasteiger partial charge < -0.3 is 15.3 Å². The van der Waals surface area contributed by atoms with Crippen LogP contribution in [0.5, 0.6) is 0 Å². The monoisotopic (exact) mass is 410 g/mol. The molecule has 0 aromatic heterocycles. The van der Waals surface area contributed by atoms with Crippen molar-refractivity contribution in [2.75, 3.05) is 18.5 Å². The Morgan fingerprint density at radius 2 is 1.79 bits per heavy atom. The van der Waals surface area contributed by atoms with E-state index in [1.54, 1.807) is 6.08 Å². The van der Waals surface area contributed by atoms with E-state index >= 15 is 0 Å². The summed E-state index contributed by atoms with van der Waals surface area (Å²) >= 11 is 5.55. The number of carboxylic acids is 1. The fourth-order valence-electron chi connectivity index (χ4n) is 3.01. The summed E-state index contributed by atoms with van der Waals surface area (Å²) in [6.45, 7) is 3.12. The van der Waals surface area contributed by atoms with Gasteiger partial charge in [0.2, 0.25) is 0 Å². The topological polar surface area (TPSA) is 52.6 Å². The predicted octanol–water partition coefficient (Wildman–Crippen LogP) is 5.73. The zero-order chi connectivity index (χ0) is 21.1. The van der Waals surface area contributed by atoms with Gasteiger partial charge in [0.05, 0.1) is 0 Å². The van der Waals surface area contributed by atoms with Crippen molar-refractivity contribution in [2.45, 2.75) is 39.0 Å². The van der Waals surface area contributed by atoms with Gasteiger partial charge in [-0.25, -0.2) is 4.79 Å². The van der Waals surface area contributed by atoms with Gasteiger partial charge in [-0.15, -0.1) is 0 Å². The van der Waals surface area contributed by atoms with Gasteiger partial charge in [-0.05, 0) is 53.5 Å². The van der Waals surface area contributed by atoms with Crippen molar-refractivity contribution >= 4 is 35.1 Å². The van der Waals surface area contributed by atoms with E-state index in [2.05, 4.69) is 24.4 Å². The number of hydrogen-bond donors (Lipinski definition) is 2. The fraction of sp³-hybridized carbons (Fsp3) is 0.333. The van der Waals surface area contributed by atoms with Gasteiger partial charge in [0.1, 0.15) is 0 Å². The average Bonchev–Trinajstić information content (AvgIpc) is 2.74. The first-order chi connectivity index (χ1) is 14.0. The minimum absolute atomic E-state index is 0.729. The summed E-state index contributed by atoms with van der Waals surface area (Å²) in [5.74, 6) is -0.949. The number of aliphatic carboxylic acids is 1. The maximum atomic E-state index is 10.6. The molecule has 2 N–H and O–H groups in total. The van der Waals surface area contributed by atoms with Crippen molar-refractivity contribution in [3.8, 4) is 11.1 Å². The van der Waals surface area contributed by atoms with Gasteiger partial charge >= 0.3 is 5.97 Å². The molecule has 0 heterocycles. The number of benzene rings is 2. The Bertz CT molecular complexity index is 831. The summed E-state index contributed by atoms with van der Waals surface area (Å²) in [5.41, 5.74) is 4.04. The van der Waals surface area contributed by atoms with Crippen LogP contribution < -0.4 is 10.2 Å². The molecule has 0 aliphatic carbocycles. The molecule has 0 unspecified atom stereocenters.